The van der Waals surface area contributed by atoms with Crippen LogP contribution in [0.1, 0.15) is 5.56 Å². The molecule has 0 radical (unpaired) electrons. The maximum absolute atomic E-state index is 13.4. The number of anilines is 2. The summed E-state index contributed by atoms with van der Waals surface area (Å²) in [5, 5.41) is 8.85. The first-order valence-corrected chi connectivity index (χ1v) is 7.10. The number of nitrogens with one attached hydrogen (secondary N) is 1. The van der Waals surface area contributed by atoms with E-state index in [1.54, 1.807) is 6.07 Å². The summed E-state index contributed by atoms with van der Waals surface area (Å²) in [4.78, 5) is -0.297. The van der Waals surface area contributed by atoms with Crippen molar-refractivity contribution < 1.29 is 17.2 Å². The van der Waals surface area contributed by atoms with Crippen molar-refractivity contribution in [1.29, 1.82) is 5.26 Å². The minimum atomic E-state index is -4.12. The molecule has 0 spiro atoms. The molecule has 0 aliphatic heterocycles. The first kappa shape index (κ1) is 14.7. The molecule has 0 saturated heterocycles. The van der Waals surface area contributed by atoms with Gasteiger partial charge in [-0.15, -0.1) is 0 Å². The van der Waals surface area contributed by atoms with Crippen LogP contribution in [0.25, 0.3) is 0 Å². The van der Waals surface area contributed by atoms with Crippen molar-refractivity contribution in [2.75, 3.05) is 10.5 Å². The molecule has 108 valence electrons. The molecule has 0 aliphatic rings. The van der Waals surface area contributed by atoms with Gasteiger partial charge in [-0.2, -0.15) is 5.26 Å². The topological polar surface area (TPSA) is 96.0 Å². The molecule has 8 heteroatoms. The molecule has 2 rings (SSSR count). The van der Waals surface area contributed by atoms with Crippen molar-refractivity contribution in [2.45, 2.75) is 4.90 Å². The van der Waals surface area contributed by atoms with E-state index in [0.29, 0.717) is 0 Å². The van der Waals surface area contributed by atoms with Crippen molar-refractivity contribution in [2.24, 2.45) is 0 Å². The summed E-state index contributed by atoms with van der Waals surface area (Å²) >= 11 is 0. The van der Waals surface area contributed by atoms with Crippen LogP contribution in [-0.4, -0.2) is 8.42 Å². The first-order valence-electron chi connectivity index (χ1n) is 5.61. The van der Waals surface area contributed by atoms with Crippen LogP contribution in [0.3, 0.4) is 0 Å². The number of rotatable bonds is 3. The third-order valence-corrected chi connectivity index (χ3v) is 4.01. The Kier molecular flexibility index (Phi) is 3.78. The molecule has 0 heterocycles. The largest absolute Gasteiger partial charge is 0.396 e. The van der Waals surface area contributed by atoms with E-state index >= 15 is 0 Å². The fourth-order valence-electron chi connectivity index (χ4n) is 1.62. The summed E-state index contributed by atoms with van der Waals surface area (Å²) in [7, 11) is -4.12. The van der Waals surface area contributed by atoms with Gasteiger partial charge in [-0.3, -0.25) is 4.72 Å². The lowest BCUT2D eigenvalue weighted by Crippen LogP contribution is -2.14. The van der Waals surface area contributed by atoms with Gasteiger partial charge in [0, 0.05) is 0 Å². The van der Waals surface area contributed by atoms with Crippen LogP contribution in [0.2, 0.25) is 0 Å². The molecule has 21 heavy (non-hydrogen) atoms. The summed E-state index contributed by atoms with van der Waals surface area (Å²) in [5.74, 6) is -1.60. The minimum absolute atomic E-state index is 0.208. The summed E-state index contributed by atoms with van der Waals surface area (Å²) in [6, 6.07) is 7.96. The van der Waals surface area contributed by atoms with E-state index in [4.69, 9.17) is 11.0 Å². The van der Waals surface area contributed by atoms with Gasteiger partial charge in [0.2, 0.25) is 0 Å². The fourth-order valence-corrected chi connectivity index (χ4v) is 2.72. The second kappa shape index (κ2) is 5.38. The van der Waals surface area contributed by atoms with Crippen molar-refractivity contribution in [3.63, 3.8) is 0 Å². The Morgan fingerprint density at radius 2 is 1.86 bits per heavy atom. The molecule has 0 aromatic heterocycles. The molecule has 2 aromatic rings. The van der Waals surface area contributed by atoms with Crippen LogP contribution < -0.4 is 10.5 Å². The van der Waals surface area contributed by atoms with Crippen molar-refractivity contribution in [1.82, 2.24) is 0 Å². The van der Waals surface area contributed by atoms with Crippen LogP contribution in [0, 0.1) is 23.0 Å². The van der Waals surface area contributed by atoms with Crippen molar-refractivity contribution >= 4 is 21.4 Å². The van der Waals surface area contributed by atoms with Gasteiger partial charge in [0.25, 0.3) is 10.0 Å². The Morgan fingerprint density at radius 1 is 1.14 bits per heavy atom. The second-order valence-electron chi connectivity index (χ2n) is 4.06. The van der Waals surface area contributed by atoms with Gasteiger partial charge in [0.15, 0.2) is 0 Å². The van der Waals surface area contributed by atoms with Crippen LogP contribution in [0.5, 0.6) is 0 Å². The zero-order valence-corrected chi connectivity index (χ0v) is 11.3. The van der Waals surface area contributed by atoms with Crippen LogP contribution in [0.15, 0.2) is 41.3 Å². The van der Waals surface area contributed by atoms with E-state index in [9.17, 15) is 17.2 Å². The zero-order valence-electron chi connectivity index (χ0n) is 10.5. The van der Waals surface area contributed by atoms with E-state index in [1.165, 1.54) is 12.1 Å². The standard InChI is InChI=1S/C13H9F2N3O2S/c14-10-2-1-3-13(9(10)7-16)18-21(19,20)8-4-5-11(15)12(17)6-8/h1-6,18H,17H2. The molecule has 0 aliphatic carbocycles. The predicted molar refractivity (Wildman–Crippen MR) is 72.7 cm³/mol. The van der Waals surface area contributed by atoms with Crippen molar-refractivity contribution in [3.8, 4) is 6.07 Å². The Morgan fingerprint density at radius 3 is 2.48 bits per heavy atom. The third kappa shape index (κ3) is 2.93. The maximum atomic E-state index is 13.4. The quantitative estimate of drug-likeness (QED) is 0.850. The van der Waals surface area contributed by atoms with E-state index < -0.39 is 27.2 Å². The highest BCUT2D eigenvalue weighted by Crippen LogP contribution is 2.23. The van der Waals surface area contributed by atoms with Gasteiger partial charge in [0.05, 0.1) is 16.3 Å². The normalized spacial score (nSPS) is 10.9. The first-order chi connectivity index (χ1) is 9.85. The lowest BCUT2D eigenvalue weighted by molar-refractivity contribution is 0.600. The Labute approximate surface area is 119 Å². The molecule has 0 atom stereocenters. The summed E-state index contributed by atoms with van der Waals surface area (Å²) in [6.07, 6.45) is 0. The highest BCUT2D eigenvalue weighted by molar-refractivity contribution is 7.92. The monoisotopic (exact) mass is 309 g/mol. The van der Waals surface area contributed by atoms with E-state index in [2.05, 4.69) is 4.72 Å². The van der Waals surface area contributed by atoms with Crippen LogP contribution in [-0.2, 0) is 10.0 Å². The van der Waals surface area contributed by atoms with E-state index in [-0.39, 0.29) is 16.3 Å². The predicted octanol–water partition coefficient (Wildman–Crippen LogP) is 2.22. The van der Waals surface area contributed by atoms with Crippen LogP contribution >= 0.6 is 0 Å². The lowest BCUT2D eigenvalue weighted by Gasteiger charge is -2.10. The van der Waals surface area contributed by atoms with Crippen molar-refractivity contribution in [3.05, 3.63) is 53.6 Å². The Balaban J connectivity index is 2.45. The Hall–Kier alpha value is -2.66. The van der Waals surface area contributed by atoms with Gasteiger partial charge in [-0.25, -0.2) is 17.2 Å². The minimum Gasteiger partial charge on any atom is -0.396 e. The molecule has 0 saturated carbocycles. The SMILES string of the molecule is N#Cc1c(F)cccc1NS(=O)(=O)c1ccc(F)c(N)c1. The number of halogens is 2. The molecule has 0 bridgehead atoms. The number of sulfonamides is 1. The molecule has 3 N–H and O–H groups in total. The molecule has 5 nitrogen and oxygen atoms in total. The zero-order chi connectivity index (χ0) is 15.6. The molecule has 2 aromatic carbocycles. The van der Waals surface area contributed by atoms with Gasteiger partial charge in [-0.05, 0) is 30.3 Å². The van der Waals surface area contributed by atoms with E-state index in [0.717, 1.165) is 24.3 Å². The molecule has 0 fully saturated rings. The number of nitrogens with zero attached hydrogens (tertiary/aromatic N) is 1. The third-order valence-electron chi connectivity index (χ3n) is 2.65. The molecule has 0 unspecified atom stereocenters. The Bertz CT molecular complexity index is 845. The summed E-state index contributed by atoms with van der Waals surface area (Å²) in [6.45, 7) is 0. The van der Waals surface area contributed by atoms with Crippen LogP contribution in [0.4, 0.5) is 20.2 Å². The summed E-state index contributed by atoms with van der Waals surface area (Å²) < 4.78 is 52.8. The fraction of sp³-hybridized carbons (Fsp3) is 0. The number of nitrogen functional groups attached to an aromatic ring is 1. The highest BCUT2D eigenvalue weighted by atomic mass is 32.2. The van der Waals surface area contributed by atoms with Gasteiger partial charge in [0.1, 0.15) is 23.3 Å². The average molecular weight is 309 g/mol. The highest BCUT2D eigenvalue weighted by Gasteiger charge is 2.18. The number of nitriles is 1. The lowest BCUT2D eigenvalue weighted by atomic mass is 10.2. The summed E-state index contributed by atoms with van der Waals surface area (Å²) in [5.41, 5.74) is 4.33. The number of hydrogen-bond donors (Lipinski definition) is 2. The van der Waals surface area contributed by atoms with Gasteiger partial charge >= 0.3 is 0 Å². The van der Waals surface area contributed by atoms with E-state index in [1.807, 2.05) is 0 Å². The second-order valence-corrected chi connectivity index (χ2v) is 5.75. The smallest absolute Gasteiger partial charge is 0.262 e. The van der Waals surface area contributed by atoms with Gasteiger partial charge < -0.3 is 5.73 Å². The molecular formula is C13H9F2N3O2S. The molecular weight excluding hydrogens is 300 g/mol. The van der Waals surface area contributed by atoms with Gasteiger partial charge in [-0.1, -0.05) is 6.07 Å². The number of hydrogen-bond acceptors (Lipinski definition) is 4. The molecule has 0 amide bonds. The maximum Gasteiger partial charge on any atom is 0.262 e. The average Bonchev–Trinajstić information content (AvgIpc) is 2.41. The number of nitrogens with two attached hydrogens (primary N) is 1. The number of benzene rings is 2.